The molecule has 0 saturated carbocycles. The number of para-hydroxylation sites is 1. The summed E-state index contributed by atoms with van der Waals surface area (Å²) in [4.78, 5) is 23.3. The summed E-state index contributed by atoms with van der Waals surface area (Å²) in [5.41, 5.74) is 0.444. The van der Waals surface area contributed by atoms with Crippen molar-refractivity contribution >= 4 is 29.2 Å². The zero-order valence-electron chi connectivity index (χ0n) is 11.4. The molecule has 2 aromatic rings. The van der Waals surface area contributed by atoms with Gasteiger partial charge in [-0.3, -0.25) is 4.79 Å². The Morgan fingerprint density at radius 3 is 2.68 bits per heavy atom. The Bertz CT molecular complexity index is 757. The van der Waals surface area contributed by atoms with E-state index in [1.54, 1.807) is 41.8 Å². The van der Waals surface area contributed by atoms with Gasteiger partial charge in [0.2, 0.25) is 5.78 Å². The number of ether oxygens (including phenoxy) is 1. The molecule has 0 atom stereocenters. The molecule has 0 spiro atoms. The molecule has 2 rings (SSSR count). The summed E-state index contributed by atoms with van der Waals surface area (Å²) in [6.07, 6.45) is 1.40. The van der Waals surface area contributed by atoms with Gasteiger partial charge in [-0.25, -0.2) is 4.79 Å². The first-order valence-electron chi connectivity index (χ1n) is 6.25. The minimum atomic E-state index is -1.10. The first-order valence-corrected chi connectivity index (χ1v) is 7.13. The van der Waals surface area contributed by atoms with E-state index in [1.165, 1.54) is 17.4 Å². The molecule has 1 heterocycles. The molecule has 0 fully saturated rings. The average molecular weight is 313 g/mol. The molecule has 0 unspecified atom stereocenters. The maximum atomic E-state index is 12.2. The number of Topliss-reactive ketones (excluding diaryl/α,β-unsaturated/α-hetero) is 1. The van der Waals surface area contributed by atoms with Crippen molar-refractivity contribution in [2.45, 2.75) is 0 Å². The highest BCUT2D eigenvalue weighted by atomic mass is 32.1. The summed E-state index contributed by atoms with van der Waals surface area (Å²) in [5.74, 6) is -1.17. The van der Waals surface area contributed by atoms with E-state index < -0.39 is 12.6 Å². The molecule has 0 bridgehead atoms. The van der Waals surface area contributed by atoms with Crippen molar-refractivity contribution in [1.29, 1.82) is 5.26 Å². The number of ketones is 1. The number of hydrogen-bond donors (Lipinski definition) is 1. The van der Waals surface area contributed by atoms with Crippen molar-refractivity contribution in [1.82, 2.24) is 0 Å². The van der Waals surface area contributed by atoms with Crippen LogP contribution in [0, 0.1) is 11.3 Å². The summed E-state index contributed by atoms with van der Waals surface area (Å²) < 4.78 is 5.15. The monoisotopic (exact) mass is 313 g/mol. The Labute approximate surface area is 130 Å². The quantitative estimate of drug-likeness (QED) is 0.503. The number of hydrogen-bond acceptors (Lipinski definition) is 5. The van der Waals surface area contributed by atoms with E-state index in [9.17, 15) is 14.9 Å². The van der Waals surface area contributed by atoms with Gasteiger partial charge >= 0.3 is 5.97 Å². The van der Waals surface area contributed by atoms with Crippen LogP contribution in [0.4, 0.5) is 0 Å². The summed E-state index contributed by atoms with van der Waals surface area (Å²) in [5, 5.41) is 19.6. The zero-order valence-corrected chi connectivity index (χ0v) is 12.2. The van der Waals surface area contributed by atoms with Crippen molar-refractivity contribution in [2.24, 2.45) is 0 Å². The summed E-state index contributed by atoms with van der Waals surface area (Å²) >= 11 is 1.25. The van der Waals surface area contributed by atoms with Crippen LogP contribution >= 0.6 is 11.3 Å². The van der Waals surface area contributed by atoms with Crippen molar-refractivity contribution in [3.63, 3.8) is 0 Å². The average Bonchev–Trinajstić information content (AvgIpc) is 3.05. The number of benzene rings is 1. The third-order valence-electron chi connectivity index (χ3n) is 2.68. The van der Waals surface area contributed by atoms with Crippen molar-refractivity contribution in [2.75, 3.05) is 6.61 Å². The minimum absolute atomic E-state index is 0.0335. The van der Waals surface area contributed by atoms with E-state index in [1.807, 2.05) is 6.07 Å². The van der Waals surface area contributed by atoms with Gasteiger partial charge in [0.15, 0.2) is 6.61 Å². The fourth-order valence-electron chi connectivity index (χ4n) is 1.72. The molecule has 1 N–H and O–H groups in total. The van der Waals surface area contributed by atoms with Crippen LogP contribution in [0.15, 0.2) is 47.4 Å². The number of rotatable bonds is 6. The summed E-state index contributed by atoms with van der Waals surface area (Å²) in [6, 6.07) is 11.9. The fourth-order valence-corrected chi connectivity index (χ4v) is 2.39. The standard InChI is InChI=1S/C16H11NO4S/c17-9-12(16(20)14-6-3-7-22-14)8-11-4-1-2-5-13(11)21-10-15(18)19/h1-8H,10H2,(H,18,19)/b12-8-. The minimum Gasteiger partial charge on any atom is -0.481 e. The van der Waals surface area contributed by atoms with Gasteiger partial charge in [-0.05, 0) is 23.6 Å². The van der Waals surface area contributed by atoms with Gasteiger partial charge < -0.3 is 9.84 Å². The third kappa shape index (κ3) is 3.81. The van der Waals surface area contributed by atoms with E-state index in [0.717, 1.165) is 0 Å². The molecule has 1 aromatic carbocycles. The molecular formula is C16H11NO4S. The van der Waals surface area contributed by atoms with Crippen LogP contribution < -0.4 is 4.74 Å². The number of aliphatic carboxylic acids is 1. The number of carboxylic acid groups (broad SMARTS) is 1. The number of nitriles is 1. The lowest BCUT2D eigenvalue weighted by atomic mass is 10.1. The number of thiophene rings is 1. The largest absolute Gasteiger partial charge is 0.481 e. The molecule has 6 heteroatoms. The highest BCUT2D eigenvalue weighted by Crippen LogP contribution is 2.23. The van der Waals surface area contributed by atoms with E-state index in [0.29, 0.717) is 16.2 Å². The Balaban J connectivity index is 2.32. The van der Waals surface area contributed by atoms with E-state index in [-0.39, 0.29) is 11.4 Å². The van der Waals surface area contributed by atoms with Gasteiger partial charge in [0.05, 0.1) is 4.88 Å². The molecule has 1 aromatic heterocycles. The van der Waals surface area contributed by atoms with Gasteiger partial charge in [0.25, 0.3) is 0 Å². The van der Waals surface area contributed by atoms with Gasteiger partial charge in [-0.15, -0.1) is 11.3 Å². The first-order chi connectivity index (χ1) is 10.6. The maximum Gasteiger partial charge on any atom is 0.341 e. The molecule has 0 aliphatic carbocycles. The van der Waals surface area contributed by atoms with Gasteiger partial charge in [0.1, 0.15) is 17.4 Å². The number of allylic oxidation sites excluding steroid dienone is 1. The normalized spacial score (nSPS) is 10.8. The van der Waals surface area contributed by atoms with Crippen molar-refractivity contribution in [3.8, 4) is 11.8 Å². The lowest BCUT2D eigenvalue weighted by molar-refractivity contribution is -0.139. The number of carbonyl (C=O) groups is 2. The van der Waals surface area contributed by atoms with Crippen molar-refractivity contribution < 1.29 is 19.4 Å². The number of carbonyl (C=O) groups excluding carboxylic acids is 1. The molecule has 5 nitrogen and oxygen atoms in total. The predicted octanol–water partition coefficient (Wildman–Crippen LogP) is 3.00. The zero-order chi connectivity index (χ0) is 15.9. The van der Waals surface area contributed by atoms with Gasteiger partial charge in [0, 0.05) is 5.56 Å². The van der Waals surface area contributed by atoms with E-state index in [2.05, 4.69) is 0 Å². The molecule has 0 saturated heterocycles. The summed E-state index contributed by atoms with van der Waals surface area (Å²) in [6.45, 7) is -0.494. The number of carboxylic acids is 1. The van der Waals surface area contributed by atoms with Gasteiger partial charge in [-0.1, -0.05) is 24.3 Å². The van der Waals surface area contributed by atoms with Gasteiger partial charge in [-0.2, -0.15) is 5.26 Å². The molecule has 0 amide bonds. The Morgan fingerprint density at radius 1 is 1.27 bits per heavy atom. The molecule has 110 valence electrons. The predicted molar refractivity (Wildman–Crippen MR) is 81.8 cm³/mol. The molecular weight excluding hydrogens is 302 g/mol. The lowest BCUT2D eigenvalue weighted by Gasteiger charge is -2.07. The number of nitrogens with zero attached hydrogens (tertiary/aromatic N) is 1. The second-order valence-electron chi connectivity index (χ2n) is 4.20. The SMILES string of the molecule is N#C/C(=C/c1ccccc1OCC(=O)O)C(=O)c1cccs1. The van der Waals surface area contributed by atoms with E-state index >= 15 is 0 Å². The molecule has 0 aliphatic heterocycles. The van der Waals surface area contributed by atoms with Crippen LogP contribution in [0.5, 0.6) is 5.75 Å². The second-order valence-corrected chi connectivity index (χ2v) is 5.14. The fraction of sp³-hybridized carbons (Fsp3) is 0.0625. The molecule has 0 aliphatic rings. The Kier molecular flexibility index (Phi) is 5.07. The van der Waals surface area contributed by atoms with Crippen LogP contribution in [-0.4, -0.2) is 23.5 Å². The molecule has 22 heavy (non-hydrogen) atoms. The highest BCUT2D eigenvalue weighted by Gasteiger charge is 2.14. The Hall–Kier alpha value is -2.91. The topological polar surface area (TPSA) is 87.4 Å². The summed E-state index contributed by atoms with van der Waals surface area (Å²) in [7, 11) is 0. The lowest BCUT2D eigenvalue weighted by Crippen LogP contribution is -2.10. The first kappa shape index (κ1) is 15.5. The van der Waals surface area contributed by atoms with E-state index in [4.69, 9.17) is 9.84 Å². The highest BCUT2D eigenvalue weighted by molar-refractivity contribution is 7.12. The van der Waals surface area contributed by atoms with Crippen LogP contribution in [0.3, 0.4) is 0 Å². The van der Waals surface area contributed by atoms with Crippen LogP contribution in [0.1, 0.15) is 15.2 Å². The molecule has 0 radical (unpaired) electrons. The second kappa shape index (κ2) is 7.20. The van der Waals surface area contributed by atoms with Crippen LogP contribution in [-0.2, 0) is 4.79 Å². The van der Waals surface area contributed by atoms with Crippen molar-refractivity contribution in [3.05, 3.63) is 57.8 Å². The van der Waals surface area contributed by atoms with Crippen LogP contribution in [0.2, 0.25) is 0 Å². The smallest absolute Gasteiger partial charge is 0.341 e. The maximum absolute atomic E-state index is 12.2. The third-order valence-corrected chi connectivity index (χ3v) is 3.55. The Morgan fingerprint density at radius 2 is 2.05 bits per heavy atom. The van der Waals surface area contributed by atoms with Crippen LogP contribution in [0.25, 0.3) is 6.08 Å².